The number of nitrogens with one attached hydrogen (secondary N) is 1. The van der Waals surface area contributed by atoms with E-state index in [1.165, 1.54) is 0 Å². The Bertz CT molecular complexity index is 576. The second-order valence-corrected chi connectivity index (χ2v) is 4.55. The molecular formula is C15H17ClN2O2. The molecule has 4 nitrogen and oxygen atoms in total. The van der Waals surface area contributed by atoms with Crippen molar-refractivity contribution in [1.29, 1.82) is 0 Å². The lowest BCUT2D eigenvalue weighted by molar-refractivity contribution is 0.374. The van der Waals surface area contributed by atoms with E-state index < -0.39 is 0 Å². The predicted molar refractivity (Wildman–Crippen MR) is 79.7 cm³/mol. The maximum Gasteiger partial charge on any atom is 0.219 e. The number of aromatic nitrogens is 1. The zero-order valence-corrected chi connectivity index (χ0v) is 12.3. The summed E-state index contributed by atoms with van der Waals surface area (Å²) in [6.07, 6.45) is 1.60. The average Bonchev–Trinajstić information content (AvgIpc) is 2.48. The molecule has 0 aliphatic heterocycles. The van der Waals surface area contributed by atoms with E-state index >= 15 is 0 Å². The second kappa shape index (κ2) is 7.12. The zero-order valence-electron chi connectivity index (χ0n) is 11.5. The van der Waals surface area contributed by atoms with Crippen LogP contribution in [0.25, 0.3) is 0 Å². The Kier molecular flexibility index (Phi) is 5.21. The van der Waals surface area contributed by atoms with Crippen LogP contribution in [0.1, 0.15) is 12.5 Å². The van der Waals surface area contributed by atoms with Gasteiger partial charge in [-0.15, -0.1) is 0 Å². The summed E-state index contributed by atoms with van der Waals surface area (Å²) in [7, 11) is 1.61. The van der Waals surface area contributed by atoms with E-state index in [1.807, 2.05) is 37.3 Å². The fourth-order valence-corrected chi connectivity index (χ4v) is 1.90. The van der Waals surface area contributed by atoms with Crippen LogP contribution in [0.3, 0.4) is 0 Å². The van der Waals surface area contributed by atoms with Gasteiger partial charge in [-0.1, -0.05) is 30.7 Å². The number of hydrogen-bond acceptors (Lipinski definition) is 4. The fourth-order valence-electron chi connectivity index (χ4n) is 1.73. The smallest absolute Gasteiger partial charge is 0.219 e. The highest BCUT2D eigenvalue weighted by Crippen LogP contribution is 2.31. The molecule has 2 rings (SSSR count). The first kappa shape index (κ1) is 14.6. The van der Waals surface area contributed by atoms with E-state index in [4.69, 9.17) is 21.1 Å². The number of nitrogens with zero attached hydrogens (tertiary/aromatic N) is 1. The highest BCUT2D eigenvalue weighted by atomic mass is 35.5. The minimum atomic E-state index is 0.492. The molecule has 0 amide bonds. The number of ether oxygens (including phenoxy) is 2. The zero-order chi connectivity index (χ0) is 14.4. The molecule has 0 saturated heterocycles. The van der Waals surface area contributed by atoms with Crippen molar-refractivity contribution in [2.45, 2.75) is 13.5 Å². The van der Waals surface area contributed by atoms with E-state index in [0.717, 1.165) is 12.1 Å². The maximum absolute atomic E-state index is 6.11. The third kappa shape index (κ3) is 3.62. The molecule has 2 aromatic rings. The number of rotatable bonds is 6. The molecule has 5 heteroatoms. The number of halogens is 1. The SMILES string of the molecule is CCNCc1cc(Oc2ccccc2OC)ncc1Cl. The molecule has 0 spiro atoms. The fraction of sp³-hybridized carbons (Fsp3) is 0.267. The molecule has 1 heterocycles. The molecule has 0 aliphatic rings. The third-order valence-corrected chi connectivity index (χ3v) is 3.10. The van der Waals surface area contributed by atoms with Crippen LogP contribution in [0, 0.1) is 0 Å². The van der Waals surface area contributed by atoms with E-state index in [1.54, 1.807) is 13.3 Å². The van der Waals surface area contributed by atoms with Gasteiger partial charge in [0.15, 0.2) is 11.5 Å². The Morgan fingerprint density at radius 2 is 2.00 bits per heavy atom. The van der Waals surface area contributed by atoms with Gasteiger partial charge in [0.05, 0.1) is 12.1 Å². The predicted octanol–water partition coefficient (Wildman–Crippen LogP) is 3.65. The molecule has 0 saturated carbocycles. The summed E-state index contributed by atoms with van der Waals surface area (Å²) in [5.74, 6) is 1.78. The van der Waals surface area contributed by atoms with E-state index in [-0.39, 0.29) is 0 Å². The first-order chi connectivity index (χ1) is 9.74. The van der Waals surface area contributed by atoms with Crippen LogP contribution >= 0.6 is 11.6 Å². The minimum Gasteiger partial charge on any atom is -0.493 e. The normalized spacial score (nSPS) is 10.3. The topological polar surface area (TPSA) is 43.4 Å². The number of para-hydroxylation sites is 2. The summed E-state index contributed by atoms with van der Waals surface area (Å²) in [5, 5.41) is 3.85. The Labute approximate surface area is 123 Å². The molecular weight excluding hydrogens is 276 g/mol. The molecule has 0 unspecified atom stereocenters. The van der Waals surface area contributed by atoms with Crippen LogP contribution in [0.5, 0.6) is 17.4 Å². The first-order valence-corrected chi connectivity index (χ1v) is 6.78. The highest BCUT2D eigenvalue weighted by molar-refractivity contribution is 6.31. The van der Waals surface area contributed by atoms with Crippen molar-refractivity contribution >= 4 is 11.6 Å². The Morgan fingerprint density at radius 3 is 2.70 bits per heavy atom. The summed E-state index contributed by atoms with van der Waals surface area (Å²) in [4.78, 5) is 4.18. The average molecular weight is 293 g/mol. The number of methoxy groups -OCH3 is 1. The van der Waals surface area contributed by atoms with Crippen molar-refractivity contribution < 1.29 is 9.47 Å². The molecule has 0 atom stereocenters. The summed E-state index contributed by atoms with van der Waals surface area (Å²) < 4.78 is 11.0. The lowest BCUT2D eigenvalue weighted by Crippen LogP contribution is -2.12. The number of hydrogen-bond donors (Lipinski definition) is 1. The molecule has 20 heavy (non-hydrogen) atoms. The van der Waals surface area contributed by atoms with Gasteiger partial charge in [-0.2, -0.15) is 0 Å². The molecule has 0 aliphatic carbocycles. The van der Waals surface area contributed by atoms with Crippen LogP contribution in [-0.4, -0.2) is 18.6 Å². The minimum absolute atomic E-state index is 0.492. The van der Waals surface area contributed by atoms with Crippen molar-refractivity contribution in [2.24, 2.45) is 0 Å². The van der Waals surface area contributed by atoms with Gasteiger partial charge in [0.25, 0.3) is 0 Å². The highest BCUT2D eigenvalue weighted by Gasteiger charge is 2.08. The van der Waals surface area contributed by atoms with E-state index in [9.17, 15) is 0 Å². The van der Waals surface area contributed by atoms with Gasteiger partial charge < -0.3 is 14.8 Å². The number of pyridine rings is 1. The molecule has 1 N–H and O–H groups in total. The lowest BCUT2D eigenvalue weighted by Gasteiger charge is -2.11. The molecule has 1 aromatic carbocycles. The van der Waals surface area contributed by atoms with Crippen molar-refractivity contribution in [3.05, 3.63) is 47.1 Å². The first-order valence-electron chi connectivity index (χ1n) is 6.40. The summed E-state index contributed by atoms with van der Waals surface area (Å²) in [5.41, 5.74) is 0.952. The van der Waals surface area contributed by atoms with Crippen LogP contribution in [0.4, 0.5) is 0 Å². The van der Waals surface area contributed by atoms with Gasteiger partial charge in [0.2, 0.25) is 5.88 Å². The molecule has 0 bridgehead atoms. The van der Waals surface area contributed by atoms with Gasteiger partial charge in [0, 0.05) is 18.8 Å². The monoisotopic (exact) mass is 292 g/mol. The summed E-state index contributed by atoms with van der Waals surface area (Å²) in [6, 6.07) is 9.27. The quantitative estimate of drug-likeness (QED) is 0.882. The Hall–Kier alpha value is -1.78. The molecule has 1 aromatic heterocycles. The van der Waals surface area contributed by atoms with Crippen LogP contribution in [0.15, 0.2) is 36.5 Å². The van der Waals surface area contributed by atoms with Crippen molar-refractivity contribution in [1.82, 2.24) is 10.3 Å². The lowest BCUT2D eigenvalue weighted by atomic mass is 10.2. The Balaban J connectivity index is 2.20. The van der Waals surface area contributed by atoms with E-state index in [2.05, 4.69) is 10.3 Å². The van der Waals surface area contributed by atoms with Gasteiger partial charge in [-0.05, 0) is 24.2 Å². The van der Waals surface area contributed by atoms with Gasteiger partial charge in [-0.25, -0.2) is 4.98 Å². The van der Waals surface area contributed by atoms with Gasteiger partial charge in [0.1, 0.15) is 0 Å². The van der Waals surface area contributed by atoms with Crippen molar-refractivity contribution in [2.75, 3.05) is 13.7 Å². The summed E-state index contributed by atoms with van der Waals surface area (Å²) in [6.45, 7) is 3.60. The van der Waals surface area contributed by atoms with Gasteiger partial charge in [-0.3, -0.25) is 0 Å². The van der Waals surface area contributed by atoms with Crippen molar-refractivity contribution in [3.63, 3.8) is 0 Å². The van der Waals surface area contributed by atoms with E-state index in [0.29, 0.717) is 28.9 Å². The molecule has 0 radical (unpaired) electrons. The second-order valence-electron chi connectivity index (χ2n) is 4.15. The van der Waals surface area contributed by atoms with Gasteiger partial charge >= 0.3 is 0 Å². The molecule has 106 valence electrons. The van der Waals surface area contributed by atoms with Crippen molar-refractivity contribution in [3.8, 4) is 17.4 Å². The van der Waals surface area contributed by atoms with Crippen LogP contribution in [0.2, 0.25) is 5.02 Å². The Morgan fingerprint density at radius 1 is 1.25 bits per heavy atom. The largest absolute Gasteiger partial charge is 0.493 e. The molecule has 0 fully saturated rings. The summed E-state index contributed by atoms with van der Waals surface area (Å²) >= 11 is 6.11. The third-order valence-electron chi connectivity index (χ3n) is 2.76. The van der Waals surface area contributed by atoms with Crippen LogP contribution in [-0.2, 0) is 6.54 Å². The number of benzene rings is 1. The standard InChI is InChI=1S/C15H17ClN2O2/c1-3-17-9-11-8-15(18-10-12(11)16)20-14-7-5-4-6-13(14)19-2/h4-8,10,17H,3,9H2,1-2H3. The maximum atomic E-state index is 6.11. The van der Waals surface area contributed by atoms with Crippen LogP contribution < -0.4 is 14.8 Å².